The number of halogens is 1. The minimum absolute atomic E-state index is 0.0932. The number of H-pyrrole nitrogens is 1. The zero-order valence-electron chi connectivity index (χ0n) is 14.0. The molecule has 0 radical (unpaired) electrons. The van der Waals surface area contributed by atoms with Crippen molar-refractivity contribution < 1.29 is 9.18 Å². The molecule has 3 aromatic rings. The average Bonchev–Trinajstić information content (AvgIpc) is 3.16. The van der Waals surface area contributed by atoms with E-state index < -0.39 is 0 Å². The predicted octanol–water partition coefficient (Wildman–Crippen LogP) is 2.80. The molecule has 1 atom stereocenters. The first kappa shape index (κ1) is 16.7. The van der Waals surface area contributed by atoms with Gasteiger partial charge < -0.3 is 10.6 Å². The average molecular weight is 342 g/mol. The maximum atomic E-state index is 13.8. The summed E-state index contributed by atoms with van der Waals surface area (Å²) in [4.78, 5) is 12.1. The molecule has 25 heavy (non-hydrogen) atoms. The number of rotatable bonds is 5. The minimum atomic E-state index is -0.385. The molecule has 0 saturated carbocycles. The van der Waals surface area contributed by atoms with Gasteiger partial charge in [-0.25, -0.2) is 13.9 Å². The first-order valence-electron chi connectivity index (χ1n) is 7.89. The van der Waals surface area contributed by atoms with Crippen LogP contribution < -0.4 is 10.6 Å². The summed E-state index contributed by atoms with van der Waals surface area (Å²) in [5.41, 5.74) is 2.66. The molecule has 2 heterocycles. The summed E-state index contributed by atoms with van der Waals surface area (Å²) in [5, 5.41) is 16.6. The Hall–Kier alpha value is -3.16. The highest BCUT2D eigenvalue weighted by Crippen LogP contribution is 2.14. The van der Waals surface area contributed by atoms with Crippen LogP contribution in [0.3, 0.4) is 0 Å². The second kappa shape index (κ2) is 7.16. The molecule has 0 aliphatic rings. The highest BCUT2D eigenvalue weighted by Gasteiger charge is 2.12. The van der Waals surface area contributed by atoms with Crippen molar-refractivity contribution in [3.63, 3.8) is 0 Å². The lowest BCUT2D eigenvalue weighted by atomic mass is 10.2. The maximum Gasteiger partial charge on any atom is 0.319 e. The summed E-state index contributed by atoms with van der Waals surface area (Å²) in [5.74, 6) is -0.385. The van der Waals surface area contributed by atoms with Gasteiger partial charge in [-0.15, -0.1) is 0 Å². The number of para-hydroxylation sites is 1. The standard InChI is InChI=1S/C17H19FN6O/c1-11(7-13-8-12(2)22-23-13)20-17(25)21-14-9-19-24(10-14)16-6-4-3-5-15(16)18/h3-6,8-11H,7H2,1-2H3,(H,22,23)(H2,20,21,25)/t11-/m0/s1. The van der Waals surface area contributed by atoms with Gasteiger partial charge in [-0.05, 0) is 32.0 Å². The van der Waals surface area contributed by atoms with Gasteiger partial charge in [0.15, 0.2) is 0 Å². The van der Waals surface area contributed by atoms with Crippen molar-refractivity contribution in [1.29, 1.82) is 0 Å². The lowest BCUT2D eigenvalue weighted by Gasteiger charge is -2.12. The SMILES string of the molecule is Cc1cc(C[C@H](C)NC(=O)Nc2cnn(-c3ccccc3F)c2)n[nH]1. The van der Waals surface area contributed by atoms with E-state index in [0.717, 1.165) is 11.4 Å². The molecule has 0 aliphatic carbocycles. The van der Waals surface area contributed by atoms with Crippen LogP contribution in [0.2, 0.25) is 0 Å². The van der Waals surface area contributed by atoms with Gasteiger partial charge in [-0.1, -0.05) is 12.1 Å². The number of carbonyl (C=O) groups excluding carboxylic acids is 1. The van der Waals surface area contributed by atoms with E-state index in [4.69, 9.17) is 0 Å². The van der Waals surface area contributed by atoms with Crippen molar-refractivity contribution in [1.82, 2.24) is 25.3 Å². The van der Waals surface area contributed by atoms with Gasteiger partial charge in [-0.2, -0.15) is 10.2 Å². The minimum Gasteiger partial charge on any atom is -0.335 e. The zero-order chi connectivity index (χ0) is 17.8. The second-order valence-electron chi connectivity index (χ2n) is 5.87. The van der Waals surface area contributed by atoms with Gasteiger partial charge in [0, 0.05) is 18.2 Å². The molecule has 130 valence electrons. The van der Waals surface area contributed by atoms with Crippen LogP contribution in [-0.4, -0.2) is 32.1 Å². The molecule has 0 fully saturated rings. The van der Waals surface area contributed by atoms with E-state index in [1.54, 1.807) is 24.4 Å². The van der Waals surface area contributed by atoms with Crippen LogP contribution in [0.15, 0.2) is 42.7 Å². The quantitative estimate of drug-likeness (QED) is 0.666. The third kappa shape index (κ3) is 4.23. The Bertz CT molecular complexity index is 871. The first-order valence-corrected chi connectivity index (χ1v) is 7.89. The number of urea groups is 1. The molecule has 3 N–H and O–H groups in total. The van der Waals surface area contributed by atoms with Crippen LogP contribution in [0.5, 0.6) is 0 Å². The van der Waals surface area contributed by atoms with Gasteiger partial charge in [0.1, 0.15) is 11.5 Å². The van der Waals surface area contributed by atoms with E-state index in [1.165, 1.54) is 16.9 Å². The lowest BCUT2D eigenvalue weighted by molar-refractivity contribution is 0.249. The van der Waals surface area contributed by atoms with E-state index in [2.05, 4.69) is 25.9 Å². The van der Waals surface area contributed by atoms with Crippen LogP contribution in [0.1, 0.15) is 18.3 Å². The van der Waals surface area contributed by atoms with Crippen molar-refractivity contribution in [3.8, 4) is 5.69 Å². The maximum absolute atomic E-state index is 13.8. The van der Waals surface area contributed by atoms with Crippen molar-refractivity contribution in [2.24, 2.45) is 0 Å². The fraction of sp³-hybridized carbons (Fsp3) is 0.235. The Morgan fingerprint density at radius 1 is 1.40 bits per heavy atom. The third-order valence-electron chi connectivity index (χ3n) is 3.59. The van der Waals surface area contributed by atoms with Crippen molar-refractivity contribution >= 4 is 11.7 Å². The van der Waals surface area contributed by atoms with Gasteiger partial charge >= 0.3 is 6.03 Å². The predicted molar refractivity (Wildman–Crippen MR) is 92.2 cm³/mol. The van der Waals surface area contributed by atoms with E-state index in [9.17, 15) is 9.18 Å². The highest BCUT2D eigenvalue weighted by atomic mass is 19.1. The van der Waals surface area contributed by atoms with E-state index >= 15 is 0 Å². The number of hydrogen-bond acceptors (Lipinski definition) is 3. The summed E-state index contributed by atoms with van der Waals surface area (Å²) in [6.07, 6.45) is 3.64. The zero-order valence-corrected chi connectivity index (χ0v) is 14.0. The normalized spacial score (nSPS) is 12.0. The molecule has 0 saturated heterocycles. The Kier molecular flexibility index (Phi) is 4.78. The van der Waals surface area contributed by atoms with Crippen LogP contribution >= 0.6 is 0 Å². The topological polar surface area (TPSA) is 87.6 Å². The summed E-state index contributed by atoms with van der Waals surface area (Å²) in [6.45, 7) is 3.82. The lowest BCUT2D eigenvalue weighted by Crippen LogP contribution is -2.37. The number of aromatic amines is 1. The molecule has 7 nitrogen and oxygen atoms in total. The monoisotopic (exact) mass is 342 g/mol. The smallest absolute Gasteiger partial charge is 0.319 e. The summed E-state index contributed by atoms with van der Waals surface area (Å²) < 4.78 is 15.1. The Morgan fingerprint density at radius 3 is 2.92 bits per heavy atom. The molecule has 2 amide bonds. The number of nitrogens with zero attached hydrogens (tertiary/aromatic N) is 3. The molecule has 0 unspecified atom stereocenters. The Labute approximate surface area is 144 Å². The molecular formula is C17H19FN6O. The highest BCUT2D eigenvalue weighted by molar-refractivity contribution is 5.89. The molecule has 2 aromatic heterocycles. The fourth-order valence-corrected chi connectivity index (χ4v) is 2.49. The number of hydrogen-bond donors (Lipinski definition) is 3. The van der Waals surface area contributed by atoms with Gasteiger partial charge in [0.25, 0.3) is 0 Å². The number of amides is 2. The van der Waals surface area contributed by atoms with E-state index in [0.29, 0.717) is 17.8 Å². The van der Waals surface area contributed by atoms with E-state index in [1.807, 2.05) is 19.9 Å². The molecule has 0 bridgehead atoms. The molecular weight excluding hydrogens is 323 g/mol. The third-order valence-corrected chi connectivity index (χ3v) is 3.59. The number of anilines is 1. The van der Waals surface area contributed by atoms with Crippen molar-refractivity contribution in [3.05, 3.63) is 59.9 Å². The largest absolute Gasteiger partial charge is 0.335 e. The fourth-order valence-electron chi connectivity index (χ4n) is 2.49. The van der Waals surface area contributed by atoms with Gasteiger partial charge in [0.2, 0.25) is 0 Å². The van der Waals surface area contributed by atoms with Crippen LogP contribution in [0, 0.1) is 12.7 Å². The first-order chi connectivity index (χ1) is 12.0. The van der Waals surface area contributed by atoms with Gasteiger partial charge in [0.05, 0.1) is 23.8 Å². The molecule has 3 rings (SSSR count). The molecule has 0 spiro atoms. The number of aryl methyl sites for hydroxylation is 1. The van der Waals surface area contributed by atoms with Crippen molar-refractivity contribution in [2.75, 3.05) is 5.32 Å². The molecule has 0 aliphatic heterocycles. The number of carbonyl (C=O) groups is 1. The molecule has 1 aromatic carbocycles. The number of aromatic nitrogens is 4. The van der Waals surface area contributed by atoms with Gasteiger partial charge in [-0.3, -0.25) is 5.10 Å². The van der Waals surface area contributed by atoms with Crippen LogP contribution in [0.4, 0.5) is 14.9 Å². The van der Waals surface area contributed by atoms with E-state index in [-0.39, 0.29) is 17.9 Å². The summed E-state index contributed by atoms with van der Waals surface area (Å²) in [6, 6.07) is 7.79. The Balaban J connectivity index is 1.57. The second-order valence-corrected chi connectivity index (χ2v) is 5.87. The number of benzene rings is 1. The molecule has 8 heteroatoms. The van der Waals surface area contributed by atoms with Crippen molar-refractivity contribution in [2.45, 2.75) is 26.3 Å². The summed E-state index contributed by atoms with van der Waals surface area (Å²) >= 11 is 0. The Morgan fingerprint density at radius 2 is 2.20 bits per heavy atom. The summed E-state index contributed by atoms with van der Waals surface area (Å²) in [7, 11) is 0. The number of nitrogens with one attached hydrogen (secondary N) is 3. The van der Waals surface area contributed by atoms with Crippen LogP contribution in [-0.2, 0) is 6.42 Å². The van der Waals surface area contributed by atoms with Crippen LogP contribution in [0.25, 0.3) is 5.69 Å².